The molecule has 1 heterocycles. The normalized spacial score (nSPS) is 19.0. The van der Waals surface area contributed by atoms with Crippen LogP contribution in [0, 0.1) is 11.9 Å². The van der Waals surface area contributed by atoms with E-state index in [0.717, 1.165) is 10.9 Å². The Labute approximate surface area is 175 Å². The second-order valence-corrected chi connectivity index (χ2v) is 7.49. The number of amides is 1. The highest BCUT2D eigenvalue weighted by atomic mass is 19.4. The van der Waals surface area contributed by atoms with Gasteiger partial charge < -0.3 is 21.1 Å². The van der Waals surface area contributed by atoms with Crippen LogP contribution in [-0.2, 0) is 9.53 Å². The second-order valence-electron chi connectivity index (χ2n) is 7.49. The van der Waals surface area contributed by atoms with Gasteiger partial charge in [0, 0.05) is 25.6 Å². The van der Waals surface area contributed by atoms with Crippen LogP contribution in [0.3, 0.4) is 0 Å². The molecule has 2 atom stereocenters. The standard InChI is InChI=1S/C18H25F6N5O2/c1-10(26-9-18(22,23)24)13(8-31-2)29-7-12(15(19)28-29)27-16(30)14(25)11-3-5-17(20,21)6-4-11/h7,11,13-14,26H,1,3-6,8-9,25H2,2H3,(H,27,30). The molecule has 0 saturated heterocycles. The molecule has 1 fully saturated rings. The van der Waals surface area contributed by atoms with Crippen molar-refractivity contribution in [3.63, 3.8) is 0 Å². The van der Waals surface area contributed by atoms with Gasteiger partial charge in [-0.25, -0.2) is 8.78 Å². The summed E-state index contributed by atoms with van der Waals surface area (Å²) in [5.74, 6) is -5.13. The van der Waals surface area contributed by atoms with Gasteiger partial charge in [-0.2, -0.15) is 17.6 Å². The molecule has 1 saturated carbocycles. The lowest BCUT2D eigenvalue weighted by atomic mass is 9.82. The van der Waals surface area contributed by atoms with Gasteiger partial charge in [-0.15, -0.1) is 5.10 Å². The summed E-state index contributed by atoms with van der Waals surface area (Å²) < 4.78 is 84.0. The van der Waals surface area contributed by atoms with Crippen molar-refractivity contribution >= 4 is 11.6 Å². The van der Waals surface area contributed by atoms with Crippen molar-refractivity contribution in [1.82, 2.24) is 15.1 Å². The van der Waals surface area contributed by atoms with Crippen molar-refractivity contribution < 1.29 is 35.9 Å². The zero-order chi connectivity index (χ0) is 23.4. The van der Waals surface area contributed by atoms with E-state index < -0.39 is 48.5 Å². The summed E-state index contributed by atoms with van der Waals surface area (Å²) in [6, 6.07) is -2.13. The molecule has 0 aliphatic heterocycles. The number of carbonyl (C=O) groups is 1. The van der Waals surface area contributed by atoms with E-state index in [-0.39, 0.29) is 43.7 Å². The molecule has 1 amide bonds. The van der Waals surface area contributed by atoms with Crippen LogP contribution >= 0.6 is 0 Å². The molecule has 1 aromatic rings. The molecule has 1 aliphatic rings. The molecule has 0 aromatic carbocycles. The summed E-state index contributed by atoms with van der Waals surface area (Å²) in [5, 5.41) is 7.92. The number of alkyl halides is 5. The highest BCUT2D eigenvalue weighted by molar-refractivity contribution is 5.94. The number of aromatic nitrogens is 2. The fraction of sp³-hybridized carbons (Fsp3) is 0.667. The van der Waals surface area contributed by atoms with Crippen LogP contribution in [0.4, 0.5) is 32.0 Å². The van der Waals surface area contributed by atoms with Crippen LogP contribution in [0.15, 0.2) is 18.5 Å². The Morgan fingerprint density at radius 3 is 2.58 bits per heavy atom. The average Bonchev–Trinajstić information content (AvgIpc) is 3.03. The maximum absolute atomic E-state index is 14.3. The fourth-order valence-electron chi connectivity index (χ4n) is 3.29. The van der Waals surface area contributed by atoms with Crippen molar-refractivity contribution in [2.24, 2.45) is 11.7 Å². The van der Waals surface area contributed by atoms with Crippen LogP contribution in [0.2, 0.25) is 0 Å². The van der Waals surface area contributed by atoms with Gasteiger partial charge in [0.1, 0.15) is 18.3 Å². The number of nitrogens with zero attached hydrogens (tertiary/aromatic N) is 2. The van der Waals surface area contributed by atoms with Crippen LogP contribution in [0.1, 0.15) is 31.7 Å². The molecule has 0 bridgehead atoms. The van der Waals surface area contributed by atoms with Crippen molar-refractivity contribution in [3.05, 3.63) is 24.4 Å². The van der Waals surface area contributed by atoms with E-state index in [2.05, 4.69) is 22.3 Å². The Bertz CT molecular complexity index is 772. The van der Waals surface area contributed by atoms with Gasteiger partial charge in [-0.05, 0) is 18.8 Å². The minimum absolute atomic E-state index is 0.0595. The minimum Gasteiger partial charge on any atom is -0.382 e. The summed E-state index contributed by atoms with van der Waals surface area (Å²) in [6.07, 6.45) is -4.06. The maximum atomic E-state index is 14.3. The molecule has 13 heteroatoms. The molecule has 176 valence electrons. The first-order valence-corrected chi connectivity index (χ1v) is 9.50. The van der Waals surface area contributed by atoms with Gasteiger partial charge in [-0.1, -0.05) is 6.58 Å². The van der Waals surface area contributed by atoms with E-state index in [1.807, 2.05) is 0 Å². The number of hydrogen-bond acceptors (Lipinski definition) is 5. The predicted octanol–water partition coefficient (Wildman–Crippen LogP) is 2.97. The monoisotopic (exact) mass is 457 g/mol. The van der Waals surface area contributed by atoms with Gasteiger partial charge in [0.05, 0.1) is 18.8 Å². The zero-order valence-electron chi connectivity index (χ0n) is 16.8. The first-order chi connectivity index (χ1) is 14.3. The third-order valence-corrected chi connectivity index (χ3v) is 5.08. The molecule has 4 N–H and O–H groups in total. The third kappa shape index (κ3) is 7.13. The van der Waals surface area contributed by atoms with E-state index >= 15 is 0 Å². The maximum Gasteiger partial charge on any atom is 0.405 e. The van der Waals surface area contributed by atoms with Crippen molar-refractivity contribution in [1.29, 1.82) is 0 Å². The minimum atomic E-state index is -4.49. The van der Waals surface area contributed by atoms with E-state index in [0.29, 0.717) is 0 Å². The molecule has 2 rings (SSSR count). The average molecular weight is 457 g/mol. The lowest BCUT2D eigenvalue weighted by Crippen LogP contribution is -2.44. The van der Waals surface area contributed by atoms with Crippen molar-refractivity contribution in [2.75, 3.05) is 25.6 Å². The van der Waals surface area contributed by atoms with Crippen LogP contribution in [0.5, 0.6) is 0 Å². The molecular weight excluding hydrogens is 432 g/mol. The van der Waals surface area contributed by atoms with E-state index in [1.165, 1.54) is 7.11 Å². The molecule has 1 aliphatic carbocycles. The number of carbonyl (C=O) groups excluding carboxylic acids is 1. The van der Waals surface area contributed by atoms with Gasteiger partial charge >= 0.3 is 6.18 Å². The SMILES string of the molecule is C=C(NCC(F)(F)F)C(COC)n1cc(NC(=O)C(N)C2CCC(F)(F)CC2)c(F)n1. The number of nitrogens with two attached hydrogens (primary N) is 1. The highest BCUT2D eigenvalue weighted by Gasteiger charge is 2.38. The Morgan fingerprint density at radius 1 is 1.42 bits per heavy atom. The molecule has 2 unspecified atom stereocenters. The van der Waals surface area contributed by atoms with Crippen LogP contribution < -0.4 is 16.4 Å². The zero-order valence-corrected chi connectivity index (χ0v) is 16.8. The van der Waals surface area contributed by atoms with Crippen molar-refractivity contribution in [3.8, 4) is 0 Å². The lowest BCUT2D eigenvalue weighted by molar-refractivity contribution is -0.123. The van der Waals surface area contributed by atoms with Crippen molar-refractivity contribution in [2.45, 2.75) is 49.9 Å². The Morgan fingerprint density at radius 2 is 2.03 bits per heavy atom. The topological polar surface area (TPSA) is 94.2 Å². The summed E-state index contributed by atoms with van der Waals surface area (Å²) in [4.78, 5) is 12.4. The van der Waals surface area contributed by atoms with Gasteiger partial charge in [0.25, 0.3) is 5.95 Å². The molecule has 0 radical (unpaired) electrons. The summed E-state index contributed by atoms with van der Waals surface area (Å²) >= 11 is 0. The molecular formula is C18H25F6N5O2. The number of halogens is 6. The number of anilines is 1. The van der Waals surface area contributed by atoms with Gasteiger partial charge in [0.15, 0.2) is 0 Å². The van der Waals surface area contributed by atoms with Crippen LogP contribution in [-0.4, -0.2) is 54.1 Å². The van der Waals surface area contributed by atoms with Crippen LogP contribution in [0.25, 0.3) is 0 Å². The number of nitrogens with one attached hydrogen (secondary N) is 2. The smallest absolute Gasteiger partial charge is 0.382 e. The third-order valence-electron chi connectivity index (χ3n) is 5.08. The highest BCUT2D eigenvalue weighted by Crippen LogP contribution is 2.37. The second kappa shape index (κ2) is 9.90. The number of ether oxygens (including phenoxy) is 1. The predicted molar refractivity (Wildman–Crippen MR) is 99.8 cm³/mol. The molecule has 7 nitrogen and oxygen atoms in total. The lowest BCUT2D eigenvalue weighted by Gasteiger charge is -2.31. The number of rotatable bonds is 9. The molecule has 31 heavy (non-hydrogen) atoms. The number of hydrogen-bond donors (Lipinski definition) is 3. The van der Waals surface area contributed by atoms with Gasteiger partial charge in [0.2, 0.25) is 11.8 Å². The fourth-order valence-corrected chi connectivity index (χ4v) is 3.29. The Balaban J connectivity index is 2.06. The van der Waals surface area contributed by atoms with E-state index in [9.17, 15) is 31.1 Å². The summed E-state index contributed by atoms with van der Waals surface area (Å²) in [7, 11) is 1.29. The Hall–Kier alpha value is -2.28. The van der Waals surface area contributed by atoms with E-state index in [4.69, 9.17) is 10.5 Å². The quantitative estimate of drug-likeness (QED) is 0.496. The number of methoxy groups -OCH3 is 1. The molecule has 0 spiro atoms. The summed E-state index contributed by atoms with van der Waals surface area (Å²) in [6.45, 7) is 1.99. The largest absolute Gasteiger partial charge is 0.405 e. The first-order valence-electron chi connectivity index (χ1n) is 9.50. The van der Waals surface area contributed by atoms with Gasteiger partial charge in [-0.3, -0.25) is 9.48 Å². The van der Waals surface area contributed by atoms with E-state index in [1.54, 1.807) is 0 Å². The molecule has 1 aromatic heterocycles. The summed E-state index contributed by atoms with van der Waals surface area (Å²) in [5.41, 5.74) is 5.38. The Kier molecular flexibility index (Phi) is 7.98. The first kappa shape index (κ1) is 25.0.